The summed E-state index contributed by atoms with van der Waals surface area (Å²) in [5, 5.41) is 18.3. The van der Waals surface area contributed by atoms with Gasteiger partial charge in [0.05, 0.1) is 23.3 Å². The second-order valence-corrected chi connectivity index (χ2v) is 7.76. The first kappa shape index (κ1) is 18.9. The second kappa shape index (κ2) is 8.27. The van der Waals surface area contributed by atoms with Crippen LogP contribution in [0.4, 0.5) is 0 Å². The molecule has 1 heterocycles. The Bertz CT molecular complexity index is 1010. The molecule has 2 fully saturated rings. The molecule has 0 N–H and O–H groups in total. The van der Waals surface area contributed by atoms with Crippen LogP contribution in [0.3, 0.4) is 0 Å². The van der Waals surface area contributed by atoms with Crippen molar-refractivity contribution >= 4 is 17.9 Å². The van der Waals surface area contributed by atoms with Gasteiger partial charge in [-0.05, 0) is 66.3 Å². The molecular formula is C25H21N3O. The molecule has 29 heavy (non-hydrogen) atoms. The van der Waals surface area contributed by atoms with Gasteiger partial charge in [0.25, 0.3) is 0 Å². The number of Topliss-reactive ketones (excluding diaryl/α,β-unsaturated/α-hetero) is 1. The third-order valence-corrected chi connectivity index (χ3v) is 5.30. The number of carbonyl (C=O) groups excluding carboxylic acids is 1. The molecule has 2 aromatic carbocycles. The molecule has 0 bridgehead atoms. The zero-order valence-electron chi connectivity index (χ0n) is 16.1. The third kappa shape index (κ3) is 4.69. The van der Waals surface area contributed by atoms with Gasteiger partial charge in [0, 0.05) is 30.8 Å². The van der Waals surface area contributed by atoms with Crippen molar-refractivity contribution < 1.29 is 4.79 Å². The van der Waals surface area contributed by atoms with Crippen LogP contribution in [0, 0.1) is 28.6 Å². The number of piperidine rings is 1. The lowest BCUT2D eigenvalue weighted by atomic mass is 9.93. The van der Waals surface area contributed by atoms with Crippen LogP contribution < -0.4 is 0 Å². The normalized spacial score (nSPS) is 19.9. The number of nitrogens with zero attached hydrogens (tertiary/aromatic N) is 3. The molecule has 0 unspecified atom stereocenters. The summed E-state index contributed by atoms with van der Waals surface area (Å²) in [6.07, 6.45) is 6.33. The first-order valence-electron chi connectivity index (χ1n) is 9.83. The van der Waals surface area contributed by atoms with Crippen molar-refractivity contribution in [3.8, 4) is 12.1 Å². The van der Waals surface area contributed by atoms with Gasteiger partial charge >= 0.3 is 0 Å². The predicted molar refractivity (Wildman–Crippen MR) is 112 cm³/mol. The number of ketones is 1. The Balaban J connectivity index is 1.68. The molecule has 4 rings (SSSR count). The van der Waals surface area contributed by atoms with E-state index in [-0.39, 0.29) is 5.78 Å². The molecule has 1 saturated heterocycles. The van der Waals surface area contributed by atoms with Crippen LogP contribution in [0.25, 0.3) is 12.2 Å². The molecule has 4 heteroatoms. The van der Waals surface area contributed by atoms with E-state index in [9.17, 15) is 4.79 Å². The topological polar surface area (TPSA) is 67.9 Å². The lowest BCUT2D eigenvalue weighted by Gasteiger charge is -2.30. The van der Waals surface area contributed by atoms with E-state index in [0.717, 1.165) is 34.7 Å². The molecule has 1 aliphatic heterocycles. The zero-order chi connectivity index (χ0) is 20.2. The Morgan fingerprint density at radius 3 is 1.86 bits per heavy atom. The maximum Gasteiger partial charge on any atom is 0.187 e. The van der Waals surface area contributed by atoms with Crippen molar-refractivity contribution in [3.63, 3.8) is 0 Å². The van der Waals surface area contributed by atoms with Crippen molar-refractivity contribution in [3.05, 3.63) is 81.9 Å². The first-order chi connectivity index (χ1) is 14.1. The van der Waals surface area contributed by atoms with E-state index in [1.807, 2.05) is 36.4 Å². The number of nitriles is 2. The fourth-order valence-electron chi connectivity index (χ4n) is 3.70. The summed E-state index contributed by atoms with van der Waals surface area (Å²) in [5.41, 5.74) is 4.39. The van der Waals surface area contributed by atoms with Gasteiger partial charge in [-0.1, -0.05) is 24.3 Å². The third-order valence-electron chi connectivity index (χ3n) is 5.30. The van der Waals surface area contributed by atoms with E-state index < -0.39 is 0 Å². The summed E-state index contributed by atoms with van der Waals surface area (Å²) in [6, 6.07) is 18.9. The fraction of sp³-hybridized carbons (Fsp3) is 0.240. The molecule has 2 aromatic rings. The number of hydrogen-bond donors (Lipinski definition) is 0. The average Bonchev–Trinajstić information content (AvgIpc) is 3.55. The maximum absolute atomic E-state index is 13.2. The summed E-state index contributed by atoms with van der Waals surface area (Å²) in [6.45, 7) is 2.25. The van der Waals surface area contributed by atoms with Crippen LogP contribution in [-0.4, -0.2) is 30.3 Å². The second-order valence-electron chi connectivity index (χ2n) is 7.76. The minimum absolute atomic E-state index is 0.0433. The van der Waals surface area contributed by atoms with Crippen molar-refractivity contribution in [1.29, 1.82) is 10.5 Å². The maximum atomic E-state index is 13.2. The number of carbonyl (C=O) groups is 1. The Hall–Kier alpha value is -3.47. The molecule has 0 amide bonds. The molecule has 0 atom stereocenters. The highest BCUT2D eigenvalue weighted by Gasteiger charge is 2.30. The molecule has 142 valence electrons. The Labute approximate surface area is 171 Å². The molecule has 1 aliphatic carbocycles. The van der Waals surface area contributed by atoms with Crippen LogP contribution in [0.5, 0.6) is 0 Å². The highest BCUT2D eigenvalue weighted by atomic mass is 16.1. The molecule has 0 aromatic heterocycles. The number of likely N-dealkylation sites (tertiary alicyclic amines) is 1. The van der Waals surface area contributed by atoms with E-state index in [2.05, 4.69) is 17.0 Å². The van der Waals surface area contributed by atoms with E-state index in [0.29, 0.717) is 24.2 Å². The highest BCUT2D eigenvalue weighted by Crippen LogP contribution is 2.32. The average molecular weight is 379 g/mol. The van der Waals surface area contributed by atoms with Gasteiger partial charge in [-0.15, -0.1) is 0 Å². The Morgan fingerprint density at radius 2 is 1.41 bits per heavy atom. The molecule has 4 nitrogen and oxygen atoms in total. The van der Waals surface area contributed by atoms with E-state index in [4.69, 9.17) is 10.5 Å². The standard InChI is InChI=1S/C25H21N3O/c26-13-21-5-1-3-19(9-21)11-23-16-28(15-18-7-8-18)17-24(25(23)29)12-20-4-2-6-22(10-20)14-27/h1-6,9-12,18H,7-8,15-17H2. The molecule has 0 spiro atoms. The van der Waals surface area contributed by atoms with Crippen LogP contribution in [0.15, 0.2) is 59.7 Å². The summed E-state index contributed by atoms with van der Waals surface area (Å²) < 4.78 is 0. The highest BCUT2D eigenvalue weighted by molar-refractivity contribution is 6.14. The van der Waals surface area contributed by atoms with Crippen LogP contribution in [-0.2, 0) is 4.79 Å². The van der Waals surface area contributed by atoms with Gasteiger partial charge in [-0.2, -0.15) is 10.5 Å². The molecule has 1 saturated carbocycles. The molecular weight excluding hydrogens is 358 g/mol. The summed E-state index contributed by atoms with van der Waals surface area (Å²) in [4.78, 5) is 15.5. The van der Waals surface area contributed by atoms with Gasteiger partial charge in [0.15, 0.2) is 5.78 Å². The van der Waals surface area contributed by atoms with Gasteiger partial charge < -0.3 is 0 Å². The fourth-order valence-corrected chi connectivity index (χ4v) is 3.70. The zero-order valence-corrected chi connectivity index (χ0v) is 16.1. The summed E-state index contributed by atoms with van der Waals surface area (Å²) in [5.74, 6) is 0.774. The molecule has 0 radical (unpaired) electrons. The van der Waals surface area contributed by atoms with Crippen molar-refractivity contribution in [1.82, 2.24) is 4.90 Å². The lowest BCUT2D eigenvalue weighted by Crippen LogP contribution is -2.38. The van der Waals surface area contributed by atoms with Gasteiger partial charge in [-0.25, -0.2) is 0 Å². The lowest BCUT2D eigenvalue weighted by molar-refractivity contribution is -0.113. The summed E-state index contributed by atoms with van der Waals surface area (Å²) in [7, 11) is 0. The Morgan fingerprint density at radius 1 is 0.897 bits per heavy atom. The van der Waals surface area contributed by atoms with Gasteiger partial charge in [-0.3, -0.25) is 9.69 Å². The Kier molecular flexibility index (Phi) is 5.38. The van der Waals surface area contributed by atoms with Crippen molar-refractivity contribution in [2.45, 2.75) is 12.8 Å². The number of rotatable bonds is 4. The molecule has 2 aliphatic rings. The quantitative estimate of drug-likeness (QED) is 0.747. The van der Waals surface area contributed by atoms with Crippen LogP contribution in [0.1, 0.15) is 35.1 Å². The largest absolute Gasteiger partial charge is 0.294 e. The SMILES string of the molecule is N#Cc1cccc(C=C2CN(CC3CC3)CC(=Cc3cccc(C#N)c3)C2=O)c1. The number of hydrogen-bond acceptors (Lipinski definition) is 4. The van der Waals surface area contributed by atoms with E-state index >= 15 is 0 Å². The number of benzene rings is 2. The van der Waals surface area contributed by atoms with Crippen molar-refractivity contribution in [2.24, 2.45) is 5.92 Å². The van der Waals surface area contributed by atoms with Gasteiger partial charge in [0.2, 0.25) is 0 Å². The van der Waals surface area contributed by atoms with Crippen LogP contribution in [0.2, 0.25) is 0 Å². The minimum atomic E-state index is 0.0433. The predicted octanol–water partition coefficient (Wildman–Crippen LogP) is 4.19. The summed E-state index contributed by atoms with van der Waals surface area (Å²) >= 11 is 0. The van der Waals surface area contributed by atoms with Crippen molar-refractivity contribution in [2.75, 3.05) is 19.6 Å². The smallest absolute Gasteiger partial charge is 0.187 e. The monoisotopic (exact) mass is 379 g/mol. The van der Waals surface area contributed by atoms with E-state index in [1.54, 1.807) is 24.3 Å². The van der Waals surface area contributed by atoms with Crippen LogP contribution >= 0.6 is 0 Å². The minimum Gasteiger partial charge on any atom is -0.294 e. The van der Waals surface area contributed by atoms with Gasteiger partial charge in [0.1, 0.15) is 0 Å². The van der Waals surface area contributed by atoms with E-state index in [1.165, 1.54) is 12.8 Å². The first-order valence-corrected chi connectivity index (χ1v) is 9.83.